The number of halogens is 4. The molecule has 2 rings (SSSR count). The molecule has 0 atom stereocenters. The molecular formula is C13H15F4NO. The molecule has 1 heterocycles. The molecule has 0 aliphatic carbocycles. The molecule has 0 amide bonds. The van der Waals surface area contributed by atoms with Crippen LogP contribution in [0.1, 0.15) is 25.3 Å². The maximum Gasteiger partial charge on any atom is 0.420 e. The second-order valence-corrected chi connectivity index (χ2v) is 4.94. The van der Waals surface area contributed by atoms with Crippen molar-refractivity contribution in [3.05, 3.63) is 29.6 Å². The molecule has 1 aliphatic heterocycles. The van der Waals surface area contributed by atoms with Gasteiger partial charge in [0.05, 0.1) is 0 Å². The Morgan fingerprint density at radius 1 is 1.21 bits per heavy atom. The van der Waals surface area contributed by atoms with Crippen molar-refractivity contribution >= 4 is 0 Å². The smallest absolute Gasteiger partial charge is 0.420 e. The summed E-state index contributed by atoms with van der Waals surface area (Å²) in [5.74, 6) is -1.23. The van der Waals surface area contributed by atoms with Gasteiger partial charge in [-0.1, -0.05) is 0 Å². The van der Waals surface area contributed by atoms with Gasteiger partial charge < -0.3 is 10.1 Å². The Labute approximate surface area is 108 Å². The van der Waals surface area contributed by atoms with E-state index in [0.717, 1.165) is 12.1 Å². The molecule has 0 unspecified atom stereocenters. The summed E-state index contributed by atoms with van der Waals surface area (Å²) in [5, 5.41) is 3.12. The third-order valence-corrected chi connectivity index (χ3v) is 3.26. The van der Waals surface area contributed by atoms with Gasteiger partial charge >= 0.3 is 6.18 Å². The summed E-state index contributed by atoms with van der Waals surface area (Å²) in [6, 6.07) is 2.50. The van der Waals surface area contributed by atoms with Crippen LogP contribution >= 0.6 is 0 Å². The molecule has 0 spiro atoms. The Morgan fingerprint density at radius 3 is 2.42 bits per heavy atom. The van der Waals surface area contributed by atoms with Crippen molar-refractivity contribution in [2.45, 2.75) is 31.5 Å². The van der Waals surface area contributed by atoms with Crippen molar-refractivity contribution in [1.29, 1.82) is 0 Å². The monoisotopic (exact) mass is 277 g/mol. The SMILES string of the molecule is CC1(Oc2ccc(F)cc2C(F)(F)F)CCNCC1. The molecular weight excluding hydrogens is 262 g/mol. The van der Waals surface area contributed by atoms with E-state index in [4.69, 9.17) is 4.74 Å². The lowest BCUT2D eigenvalue weighted by atomic mass is 9.94. The van der Waals surface area contributed by atoms with Crippen LogP contribution in [0.4, 0.5) is 17.6 Å². The number of benzene rings is 1. The third kappa shape index (κ3) is 3.37. The zero-order chi connectivity index (χ0) is 14.1. The highest BCUT2D eigenvalue weighted by atomic mass is 19.4. The first-order chi connectivity index (χ1) is 8.80. The molecule has 0 saturated carbocycles. The first-order valence-corrected chi connectivity index (χ1v) is 6.07. The first-order valence-electron chi connectivity index (χ1n) is 6.07. The van der Waals surface area contributed by atoms with E-state index in [1.807, 2.05) is 0 Å². The quantitative estimate of drug-likeness (QED) is 0.837. The Kier molecular flexibility index (Phi) is 3.71. The number of alkyl halides is 3. The highest BCUT2D eigenvalue weighted by Crippen LogP contribution is 2.39. The molecule has 1 aromatic rings. The molecule has 6 heteroatoms. The van der Waals surface area contributed by atoms with E-state index >= 15 is 0 Å². The van der Waals surface area contributed by atoms with E-state index in [1.54, 1.807) is 6.92 Å². The largest absolute Gasteiger partial charge is 0.487 e. The van der Waals surface area contributed by atoms with Gasteiger partial charge in [0.15, 0.2) is 0 Å². The average Bonchev–Trinajstić information content (AvgIpc) is 2.31. The van der Waals surface area contributed by atoms with Gasteiger partial charge in [-0.25, -0.2) is 4.39 Å². The van der Waals surface area contributed by atoms with Gasteiger partial charge in [-0.3, -0.25) is 0 Å². The Morgan fingerprint density at radius 2 is 1.84 bits per heavy atom. The topological polar surface area (TPSA) is 21.3 Å². The molecule has 2 nitrogen and oxygen atoms in total. The van der Waals surface area contributed by atoms with E-state index in [1.165, 1.54) is 0 Å². The van der Waals surface area contributed by atoms with Gasteiger partial charge in [-0.05, 0) is 51.1 Å². The lowest BCUT2D eigenvalue weighted by Gasteiger charge is -2.35. The highest BCUT2D eigenvalue weighted by molar-refractivity contribution is 5.36. The van der Waals surface area contributed by atoms with Gasteiger partial charge in [0, 0.05) is 0 Å². The molecule has 1 fully saturated rings. The zero-order valence-corrected chi connectivity index (χ0v) is 10.5. The average molecular weight is 277 g/mol. The van der Waals surface area contributed by atoms with Gasteiger partial charge in [0.25, 0.3) is 0 Å². The minimum Gasteiger partial charge on any atom is -0.487 e. The summed E-state index contributed by atoms with van der Waals surface area (Å²) >= 11 is 0. The standard InChI is InChI=1S/C13H15F4NO/c1-12(4-6-18-7-5-12)19-11-3-2-9(14)8-10(11)13(15,16)17/h2-3,8,18H,4-7H2,1H3. The molecule has 1 aliphatic rings. The van der Waals surface area contributed by atoms with Gasteiger partial charge in [0.1, 0.15) is 22.7 Å². The molecule has 1 N–H and O–H groups in total. The van der Waals surface area contributed by atoms with Gasteiger partial charge in [0.2, 0.25) is 0 Å². The number of rotatable bonds is 2. The fraction of sp³-hybridized carbons (Fsp3) is 0.538. The van der Waals surface area contributed by atoms with Crippen molar-refractivity contribution in [1.82, 2.24) is 5.32 Å². The van der Waals surface area contributed by atoms with E-state index in [-0.39, 0.29) is 5.75 Å². The number of nitrogens with one attached hydrogen (secondary N) is 1. The van der Waals surface area contributed by atoms with Gasteiger partial charge in [-0.15, -0.1) is 0 Å². The molecule has 106 valence electrons. The molecule has 0 bridgehead atoms. The van der Waals surface area contributed by atoms with Crippen molar-refractivity contribution in [3.63, 3.8) is 0 Å². The fourth-order valence-electron chi connectivity index (χ4n) is 2.14. The van der Waals surface area contributed by atoms with Crippen LogP contribution in [-0.2, 0) is 6.18 Å². The zero-order valence-electron chi connectivity index (χ0n) is 10.5. The maximum absolute atomic E-state index is 13.0. The van der Waals surface area contributed by atoms with E-state index in [2.05, 4.69) is 5.32 Å². The van der Waals surface area contributed by atoms with Crippen LogP contribution in [0.3, 0.4) is 0 Å². The summed E-state index contributed by atoms with van der Waals surface area (Å²) in [7, 11) is 0. The normalized spacial score (nSPS) is 19.2. The van der Waals surface area contributed by atoms with Crippen molar-refractivity contribution in [2.75, 3.05) is 13.1 Å². The van der Waals surface area contributed by atoms with Crippen LogP contribution in [0.5, 0.6) is 5.75 Å². The molecule has 1 aromatic carbocycles. The summed E-state index contributed by atoms with van der Waals surface area (Å²) in [5.41, 5.74) is -1.71. The highest BCUT2D eigenvalue weighted by Gasteiger charge is 2.37. The van der Waals surface area contributed by atoms with Crippen LogP contribution in [0.25, 0.3) is 0 Å². The van der Waals surface area contributed by atoms with E-state index in [9.17, 15) is 17.6 Å². The van der Waals surface area contributed by atoms with Crippen LogP contribution in [0.15, 0.2) is 18.2 Å². The molecule has 1 saturated heterocycles. The predicted molar refractivity (Wildman–Crippen MR) is 62.5 cm³/mol. The summed E-state index contributed by atoms with van der Waals surface area (Å²) < 4.78 is 57.1. The summed E-state index contributed by atoms with van der Waals surface area (Å²) in [6.07, 6.45) is -3.40. The molecule has 0 radical (unpaired) electrons. The van der Waals surface area contributed by atoms with Crippen molar-refractivity contribution < 1.29 is 22.3 Å². The Hall–Kier alpha value is -1.30. The number of piperidine rings is 1. The molecule has 0 aromatic heterocycles. The number of ether oxygens (including phenoxy) is 1. The second kappa shape index (κ2) is 5.00. The van der Waals surface area contributed by atoms with Gasteiger partial charge in [-0.2, -0.15) is 13.2 Å². The molecule has 19 heavy (non-hydrogen) atoms. The minimum atomic E-state index is -4.62. The predicted octanol–water partition coefficient (Wildman–Crippen LogP) is 3.37. The van der Waals surface area contributed by atoms with Crippen molar-refractivity contribution in [2.24, 2.45) is 0 Å². The third-order valence-electron chi connectivity index (χ3n) is 3.26. The van der Waals surface area contributed by atoms with Crippen LogP contribution in [0.2, 0.25) is 0 Å². The number of hydrogen-bond donors (Lipinski definition) is 1. The second-order valence-electron chi connectivity index (χ2n) is 4.94. The lowest BCUT2D eigenvalue weighted by Crippen LogP contribution is -2.44. The Bertz CT molecular complexity index is 452. The fourth-order valence-corrected chi connectivity index (χ4v) is 2.14. The lowest BCUT2D eigenvalue weighted by molar-refractivity contribution is -0.140. The first kappa shape index (κ1) is 14.1. The minimum absolute atomic E-state index is 0.307. The van der Waals surface area contributed by atoms with E-state index < -0.39 is 23.2 Å². The summed E-state index contributed by atoms with van der Waals surface area (Å²) in [4.78, 5) is 0. The van der Waals surface area contributed by atoms with Crippen LogP contribution in [-0.4, -0.2) is 18.7 Å². The Balaban J connectivity index is 2.29. The van der Waals surface area contributed by atoms with Crippen LogP contribution < -0.4 is 10.1 Å². The number of hydrogen-bond acceptors (Lipinski definition) is 2. The summed E-state index contributed by atoms with van der Waals surface area (Å²) in [6.45, 7) is 3.16. The maximum atomic E-state index is 13.0. The van der Waals surface area contributed by atoms with Crippen LogP contribution in [0, 0.1) is 5.82 Å². The van der Waals surface area contributed by atoms with E-state index in [0.29, 0.717) is 32.0 Å². The van der Waals surface area contributed by atoms with Crippen molar-refractivity contribution in [3.8, 4) is 5.75 Å².